The first-order valence-electron chi connectivity index (χ1n) is 29.6. The lowest BCUT2D eigenvalue weighted by Crippen LogP contribution is -2.12. The van der Waals surface area contributed by atoms with Gasteiger partial charge in [-0.25, -0.2) is 0 Å². The van der Waals surface area contributed by atoms with Crippen LogP contribution in [0.2, 0.25) is 0 Å². The molecule has 6 nitrogen and oxygen atoms in total. The highest BCUT2D eigenvalue weighted by Crippen LogP contribution is 2.54. The smallest absolute Gasteiger partial charge is 0.137 e. The Morgan fingerprint density at radius 2 is 0.651 bits per heavy atom. The van der Waals surface area contributed by atoms with E-state index in [4.69, 9.17) is 8.83 Å². The first-order chi connectivity index (χ1) is 42.5. The number of fused-ring (bicyclic) bond motifs is 18. The summed E-state index contributed by atoms with van der Waals surface area (Å²) in [5.74, 6) is 0. The third-order valence-corrected chi connectivity index (χ3v) is 18.5. The summed E-state index contributed by atoms with van der Waals surface area (Å²) >= 11 is 0. The number of hydrogen-bond donors (Lipinski definition) is 0. The largest absolute Gasteiger partial charge is 0.456 e. The fraction of sp³-hybridized carbons (Fsp3) is 0.0250. The molecule has 0 radical (unpaired) electrons. The molecule has 0 saturated heterocycles. The van der Waals surface area contributed by atoms with Gasteiger partial charge in [0.15, 0.2) is 0 Å². The minimum absolute atomic E-state index is 0.850. The highest BCUT2D eigenvalue weighted by atomic mass is 16.3. The molecule has 0 spiro atoms. The van der Waals surface area contributed by atoms with Crippen molar-refractivity contribution in [1.82, 2.24) is 8.80 Å². The Hall–Kier alpha value is -11.3. The Kier molecular flexibility index (Phi) is 9.65. The van der Waals surface area contributed by atoms with Crippen LogP contribution in [0.3, 0.4) is 0 Å². The zero-order valence-electron chi connectivity index (χ0n) is 47.0. The molecule has 0 fully saturated rings. The zero-order chi connectivity index (χ0) is 56.5. The van der Waals surface area contributed by atoms with E-state index < -0.39 is 0 Å². The molecule has 0 aliphatic heterocycles. The second-order valence-corrected chi connectivity index (χ2v) is 23.3. The molecule has 86 heavy (non-hydrogen) atoms. The van der Waals surface area contributed by atoms with E-state index in [9.17, 15) is 0 Å². The first-order valence-corrected chi connectivity index (χ1v) is 29.6. The molecule has 0 N–H and O–H groups in total. The maximum Gasteiger partial charge on any atom is 0.137 e. The van der Waals surface area contributed by atoms with E-state index in [1.165, 1.54) is 87.3 Å². The predicted molar refractivity (Wildman–Crippen MR) is 360 cm³/mol. The van der Waals surface area contributed by atoms with Crippen molar-refractivity contribution < 1.29 is 8.83 Å². The predicted octanol–water partition coefficient (Wildman–Crippen LogP) is 22.7. The van der Waals surface area contributed by atoms with Crippen LogP contribution in [0.4, 0.5) is 34.1 Å². The van der Waals surface area contributed by atoms with Gasteiger partial charge in [0.05, 0.1) is 55.8 Å². The summed E-state index contributed by atoms with van der Waals surface area (Å²) in [7, 11) is 0. The van der Waals surface area contributed by atoms with Crippen molar-refractivity contribution in [3.05, 3.63) is 278 Å². The van der Waals surface area contributed by atoms with Crippen molar-refractivity contribution in [1.29, 1.82) is 0 Å². The molecule has 0 aliphatic carbocycles. The molecular formula is C80H50N4O2. The van der Waals surface area contributed by atoms with Crippen LogP contribution in [0.5, 0.6) is 0 Å². The van der Waals surface area contributed by atoms with Crippen LogP contribution in [-0.4, -0.2) is 8.80 Å². The van der Waals surface area contributed by atoms with Crippen molar-refractivity contribution in [2.75, 3.05) is 9.80 Å². The van der Waals surface area contributed by atoms with E-state index in [-0.39, 0.29) is 0 Å². The Morgan fingerprint density at radius 3 is 1.08 bits per heavy atom. The van der Waals surface area contributed by atoms with Gasteiger partial charge in [-0.15, -0.1) is 0 Å². The molecule has 402 valence electrons. The maximum atomic E-state index is 6.73. The third kappa shape index (κ3) is 6.55. The summed E-state index contributed by atoms with van der Waals surface area (Å²) in [6.45, 7) is 4.32. The number of hydrogen-bond acceptors (Lipinski definition) is 4. The lowest BCUT2D eigenvalue weighted by Gasteiger charge is -2.29. The number of aryl methyl sites for hydroxylation is 2. The monoisotopic (exact) mass is 1100 g/mol. The summed E-state index contributed by atoms with van der Waals surface area (Å²) < 4.78 is 18.6. The number of benzene rings is 13. The van der Waals surface area contributed by atoms with Crippen LogP contribution < -0.4 is 9.80 Å². The van der Waals surface area contributed by atoms with E-state index >= 15 is 0 Å². The van der Waals surface area contributed by atoms with E-state index in [1.807, 2.05) is 0 Å². The second-order valence-electron chi connectivity index (χ2n) is 23.3. The molecular weight excluding hydrogens is 1050 g/mol. The van der Waals surface area contributed by atoms with Crippen LogP contribution >= 0.6 is 0 Å². The molecule has 0 saturated carbocycles. The summed E-state index contributed by atoms with van der Waals surface area (Å²) in [5, 5.41) is 14.0. The van der Waals surface area contributed by atoms with Crippen molar-refractivity contribution in [3.8, 4) is 22.3 Å². The maximum absolute atomic E-state index is 6.73. The minimum atomic E-state index is 0.850. The Labute approximate surface area is 493 Å². The fourth-order valence-electron chi connectivity index (χ4n) is 14.6. The van der Waals surface area contributed by atoms with Gasteiger partial charge in [-0.2, -0.15) is 0 Å². The number of aromatic nitrogens is 2. The van der Waals surface area contributed by atoms with Gasteiger partial charge in [0.1, 0.15) is 22.3 Å². The lowest BCUT2D eigenvalue weighted by molar-refractivity contribution is 0.668. The SMILES string of the molecule is Cc1ccc(N(c2cc3oc4ccccc4c3cc2-c2ccccc2)c2ccc3c4cc5c(cc4n4c6ccccc6c2c34)c2ccc(N(c3ccc(C)cc3)c3cc4oc6ccccc6c4cc3-c3ccccc3)c3c4ccccc4n5c23)cc1. The molecule has 0 bridgehead atoms. The number of para-hydroxylation sites is 4. The Bertz CT molecular complexity index is 5600. The molecule has 6 heteroatoms. The van der Waals surface area contributed by atoms with Crippen molar-refractivity contribution in [2.45, 2.75) is 13.8 Å². The van der Waals surface area contributed by atoms with E-state index in [0.29, 0.717) is 0 Å². The molecule has 6 heterocycles. The summed E-state index contributed by atoms with van der Waals surface area (Å²) in [6, 6.07) is 97.9. The first kappa shape index (κ1) is 47.2. The van der Waals surface area contributed by atoms with E-state index in [0.717, 1.165) is 100 Å². The van der Waals surface area contributed by atoms with E-state index in [2.05, 4.69) is 299 Å². The van der Waals surface area contributed by atoms with Crippen molar-refractivity contribution in [2.24, 2.45) is 0 Å². The third-order valence-electron chi connectivity index (χ3n) is 18.5. The van der Waals surface area contributed by atoms with Crippen molar-refractivity contribution >= 4 is 154 Å². The van der Waals surface area contributed by atoms with Gasteiger partial charge in [0.2, 0.25) is 0 Å². The molecule has 0 amide bonds. The molecule has 19 aromatic rings. The molecule has 0 unspecified atom stereocenters. The average Bonchev–Trinajstić information content (AvgIpc) is 1.53. The summed E-state index contributed by atoms with van der Waals surface area (Å²) in [6.07, 6.45) is 0. The van der Waals surface area contributed by atoms with Crippen molar-refractivity contribution in [3.63, 3.8) is 0 Å². The highest BCUT2D eigenvalue weighted by molar-refractivity contribution is 6.32. The van der Waals surface area contributed by atoms with Crippen LogP contribution in [0.25, 0.3) is 142 Å². The normalized spacial score (nSPS) is 12.3. The van der Waals surface area contributed by atoms with Crippen LogP contribution in [0, 0.1) is 13.8 Å². The van der Waals surface area contributed by atoms with Gasteiger partial charge >= 0.3 is 0 Å². The zero-order valence-corrected chi connectivity index (χ0v) is 47.0. The fourth-order valence-corrected chi connectivity index (χ4v) is 14.6. The standard InChI is InChI=1S/C80H50N4O2/c1-47-29-33-51(34-30-47)81(71-45-75-63(53-21-11-15-27-73(53)85-75)41-59(71)49-17-5-3-6-18-49)67-39-37-55-61-43-70-62(44-69(61)83-65-25-13-9-23-57(65)77(67)79(55)83)56-38-40-68(78-58-24-10-14-26-66(58)84(70)80(56)78)82(52-35-31-48(2)32-36-52)72-46-76-64(54-22-12-16-28-74(54)86-76)42-60(72)50-19-7-4-8-20-50/h3-46H,1-2H3. The number of rotatable bonds is 8. The van der Waals surface area contributed by atoms with Crippen LogP contribution in [-0.2, 0) is 0 Å². The van der Waals surface area contributed by atoms with Gasteiger partial charge in [-0.05, 0) is 110 Å². The van der Waals surface area contributed by atoms with Crippen LogP contribution in [0.1, 0.15) is 11.1 Å². The average molecular weight is 1100 g/mol. The summed E-state index contributed by atoms with van der Waals surface area (Å²) in [4.78, 5) is 4.95. The number of furan rings is 2. The van der Waals surface area contributed by atoms with Gasteiger partial charge in [0, 0.05) is 99.3 Å². The van der Waals surface area contributed by atoms with E-state index in [1.54, 1.807) is 0 Å². The van der Waals surface area contributed by atoms with Gasteiger partial charge in [-0.1, -0.05) is 181 Å². The molecule has 13 aromatic carbocycles. The molecule has 19 rings (SSSR count). The quantitative estimate of drug-likeness (QED) is 0.152. The minimum Gasteiger partial charge on any atom is -0.456 e. The van der Waals surface area contributed by atoms with Gasteiger partial charge in [0.25, 0.3) is 0 Å². The molecule has 0 atom stereocenters. The lowest BCUT2D eigenvalue weighted by atomic mass is 9.97. The second kappa shape index (κ2) is 17.6. The highest BCUT2D eigenvalue weighted by Gasteiger charge is 2.30. The van der Waals surface area contributed by atoms with Crippen LogP contribution in [0.15, 0.2) is 276 Å². The molecule has 0 aliphatic rings. The van der Waals surface area contributed by atoms with Gasteiger partial charge in [-0.3, -0.25) is 0 Å². The Morgan fingerprint density at radius 1 is 0.267 bits per heavy atom. The topological polar surface area (TPSA) is 41.6 Å². The molecule has 6 aromatic heterocycles. The number of nitrogens with zero attached hydrogens (tertiary/aromatic N) is 4. The van der Waals surface area contributed by atoms with Gasteiger partial charge < -0.3 is 27.4 Å². The summed E-state index contributed by atoms with van der Waals surface area (Å²) in [5.41, 5.74) is 23.9. The number of anilines is 6. The Balaban J connectivity index is 0.880.